The van der Waals surface area contributed by atoms with Crippen LogP contribution in [0.3, 0.4) is 0 Å². The van der Waals surface area contributed by atoms with Crippen molar-refractivity contribution in [2.75, 3.05) is 0 Å². The van der Waals surface area contributed by atoms with Gasteiger partial charge in [-0.05, 0) is 48.6 Å². The van der Waals surface area contributed by atoms with Gasteiger partial charge in [0.2, 0.25) is 0 Å². The van der Waals surface area contributed by atoms with Crippen LogP contribution in [-0.4, -0.2) is 5.78 Å². The zero-order valence-corrected chi connectivity index (χ0v) is 12.9. The lowest BCUT2D eigenvalue weighted by molar-refractivity contribution is 0.103. The average Bonchev–Trinajstić information content (AvgIpc) is 2.63. The van der Waals surface area contributed by atoms with Gasteiger partial charge in [0.25, 0.3) is 0 Å². The third-order valence-corrected chi connectivity index (χ3v) is 4.30. The number of hydrogen-bond donors (Lipinski definition) is 0. The predicted octanol–water partition coefficient (Wildman–Crippen LogP) is 5.60. The third-order valence-electron chi connectivity index (χ3n) is 3.74. The molecule has 2 aromatic carbocycles. The van der Waals surface area contributed by atoms with Crippen molar-refractivity contribution < 1.29 is 4.79 Å². The number of Topliss-reactive ketones (excluding diaryl/α,β-unsaturated/α-hetero) is 1. The standard InChI is InChI=1S/C18H14Cl2O/c19-15-9-8-13(17(20)11-15)10-14-6-3-5-12-4-1-2-7-16(12)18(14)21/h1-2,4,7-11H,3,5-6H2. The zero-order valence-electron chi connectivity index (χ0n) is 11.4. The van der Waals surface area contributed by atoms with Gasteiger partial charge < -0.3 is 0 Å². The fraction of sp³-hybridized carbons (Fsp3) is 0.167. The van der Waals surface area contributed by atoms with Crippen LogP contribution in [0.15, 0.2) is 48.0 Å². The lowest BCUT2D eigenvalue weighted by Crippen LogP contribution is -2.03. The number of halogens is 2. The van der Waals surface area contributed by atoms with E-state index in [1.54, 1.807) is 12.1 Å². The molecule has 3 rings (SSSR count). The number of rotatable bonds is 1. The summed E-state index contributed by atoms with van der Waals surface area (Å²) in [5.41, 5.74) is 3.59. The molecule has 1 aliphatic carbocycles. The second-order valence-corrected chi connectivity index (χ2v) is 6.02. The molecule has 0 radical (unpaired) electrons. The van der Waals surface area contributed by atoms with Crippen molar-refractivity contribution in [3.8, 4) is 0 Å². The number of benzene rings is 2. The summed E-state index contributed by atoms with van der Waals surface area (Å²) in [7, 11) is 0. The van der Waals surface area contributed by atoms with Crippen LogP contribution in [-0.2, 0) is 6.42 Å². The average molecular weight is 317 g/mol. The van der Waals surface area contributed by atoms with Gasteiger partial charge in [0.05, 0.1) is 0 Å². The normalized spacial score (nSPS) is 16.7. The van der Waals surface area contributed by atoms with Crippen LogP contribution in [0.2, 0.25) is 10.0 Å². The van der Waals surface area contributed by atoms with Crippen LogP contribution in [0.1, 0.15) is 34.3 Å². The molecule has 0 bridgehead atoms. The molecule has 0 heterocycles. The summed E-state index contributed by atoms with van der Waals surface area (Å²) in [5.74, 6) is 0.106. The number of carbonyl (C=O) groups excluding carboxylic acids is 1. The molecule has 0 unspecified atom stereocenters. The Morgan fingerprint density at radius 1 is 1.00 bits per heavy atom. The van der Waals surface area contributed by atoms with Gasteiger partial charge in [-0.1, -0.05) is 53.5 Å². The first kappa shape index (κ1) is 14.4. The minimum atomic E-state index is 0.106. The van der Waals surface area contributed by atoms with Gasteiger partial charge in [-0.2, -0.15) is 0 Å². The first-order valence-electron chi connectivity index (χ1n) is 6.93. The van der Waals surface area contributed by atoms with Crippen molar-refractivity contribution in [3.05, 3.63) is 74.8 Å². The molecule has 21 heavy (non-hydrogen) atoms. The van der Waals surface area contributed by atoms with E-state index < -0.39 is 0 Å². The molecule has 2 aromatic rings. The third kappa shape index (κ3) is 3.04. The van der Waals surface area contributed by atoms with E-state index in [0.29, 0.717) is 10.0 Å². The number of ketones is 1. The highest BCUT2D eigenvalue weighted by atomic mass is 35.5. The van der Waals surface area contributed by atoms with Crippen LogP contribution in [0.4, 0.5) is 0 Å². The van der Waals surface area contributed by atoms with Gasteiger partial charge in [-0.25, -0.2) is 0 Å². The summed E-state index contributed by atoms with van der Waals surface area (Å²) in [6.07, 6.45) is 4.57. The van der Waals surface area contributed by atoms with E-state index in [9.17, 15) is 4.79 Å². The van der Waals surface area contributed by atoms with Gasteiger partial charge in [0, 0.05) is 21.2 Å². The van der Waals surface area contributed by atoms with Crippen molar-refractivity contribution in [1.82, 2.24) is 0 Å². The number of aryl methyl sites for hydroxylation is 1. The van der Waals surface area contributed by atoms with E-state index in [1.165, 1.54) is 0 Å². The zero-order chi connectivity index (χ0) is 14.8. The Kier molecular flexibility index (Phi) is 4.14. The number of allylic oxidation sites excluding steroid dienone is 1. The number of hydrogen-bond acceptors (Lipinski definition) is 1. The van der Waals surface area contributed by atoms with Crippen molar-refractivity contribution in [2.24, 2.45) is 0 Å². The van der Waals surface area contributed by atoms with Gasteiger partial charge in [0.1, 0.15) is 0 Å². The van der Waals surface area contributed by atoms with Gasteiger partial charge in [-0.15, -0.1) is 0 Å². The summed E-state index contributed by atoms with van der Waals surface area (Å²) in [6, 6.07) is 13.2. The highest BCUT2D eigenvalue weighted by Gasteiger charge is 2.19. The van der Waals surface area contributed by atoms with E-state index in [1.807, 2.05) is 36.4 Å². The molecule has 0 saturated carbocycles. The molecule has 0 N–H and O–H groups in total. The summed E-state index contributed by atoms with van der Waals surface area (Å²) in [5, 5.41) is 1.17. The minimum Gasteiger partial charge on any atom is -0.289 e. The Bertz CT molecular complexity index is 732. The molecular formula is C18H14Cl2O. The van der Waals surface area contributed by atoms with Crippen LogP contribution in [0.5, 0.6) is 0 Å². The quantitative estimate of drug-likeness (QED) is 0.494. The van der Waals surface area contributed by atoms with E-state index in [-0.39, 0.29) is 5.78 Å². The highest BCUT2D eigenvalue weighted by Crippen LogP contribution is 2.28. The van der Waals surface area contributed by atoms with Crippen molar-refractivity contribution in [1.29, 1.82) is 0 Å². The minimum absolute atomic E-state index is 0.106. The molecule has 1 nitrogen and oxygen atoms in total. The van der Waals surface area contributed by atoms with Gasteiger partial charge in [0.15, 0.2) is 5.78 Å². The molecule has 0 amide bonds. The van der Waals surface area contributed by atoms with Crippen LogP contribution >= 0.6 is 23.2 Å². The lowest BCUT2D eigenvalue weighted by atomic mass is 9.98. The Morgan fingerprint density at radius 2 is 1.81 bits per heavy atom. The summed E-state index contributed by atoms with van der Waals surface area (Å²) in [4.78, 5) is 12.7. The second-order valence-electron chi connectivity index (χ2n) is 5.18. The monoisotopic (exact) mass is 316 g/mol. The predicted molar refractivity (Wildman–Crippen MR) is 88.1 cm³/mol. The summed E-state index contributed by atoms with van der Waals surface area (Å²) < 4.78 is 0. The van der Waals surface area contributed by atoms with E-state index in [2.05, 4.69) is 0 Å². The molecular weight excluding hydrogens is 303 g/mol. The summed E-state index contributed by atoms with van der Waals surface area (Å²) in [6.45, 7) is 0. The fourth-order valence-corrected chi connectivity index (χ4v) is 3.12. The Hall–Kier alpha value is -1.57. The van der Waals surface area contributed by atoms with Crippen LogP contribution < -0.4 is 0 Å². The molecule has 0 spiro atoms. The van der Waals surface area contributed by atoms with Crippen molar-refractivity contribution in [3.63, 3.8) is 0 Å². The molecule has 0 fully saturated rings. The second kappa shape index (κ2) is 6.05. The first-order chi connectivity index (χ1) is 10.1. The van der Waals surface area contributed by atoms with E-state index in [0.717, 1.165) is 41.5 Å². The first-order valence-corrected chi connectivity index (χ1v) is 7.69. The lowest BCUT2D eigenvalue weighted by Gasteiger charge is -2.06. The van der Waals surface area contributed by atoms with Gasteiger partial charge in [-0.3, -0.25) is 4.79 Å². The Morgan fingerprint density at radius 3 is 2.62 bits per heavy atom. The fourth-order valence-electron chi connectivity index (χ4n) is 2.66. The topological polar surface area (TPSA) is 17.1 Å². The van der Waals surface area contributed by atoms with Crippen molar-refractivity contribution in [2.45, 2.75) is 19.3 Å². The molecule has 3 heteroatoms. The number of carbonyl (C=O) groups is 1. The number of fused-ring (bicyclic) bond motifs is 1. The molecule has 0 aliphatic heterocycles. The molecule has 0 aromatic heterocycles. The Balaban J connectivity index is 2.02. The largest absolute Gasteiger partial charge is 0.289 e. The smallest absolute Gasteiger partial charge is 0.189 e. The molecule has 1 aliphatic rings. The van der Waals surface area contributed by atoms with E-state index in [4.69, 9.17) is 23.2 Å². The van der Waals surface area contributed by atoms with Crippen molar-refractivity contribution >= 4 is 35.1 Å². The SMILES string of the molecule is O=C1C(=Cc2ccc(Cl)cc2Cl)CCCc2ccccc21. The van der Waals surface area contributed by atoms with E-state index >= 15 is 0 Å². The molecule has 0 atom stereocenters. The van der Waals surface area contributed by atoms with Crippen LogP contribution in [0.25, 0.3) is 6.08 Å². The Labute approximate surface area is 134 Å². The summed E-state index contributed by atoms with van der Waals surface area (Å²) >= 11 is 12.1. The van der Waals surface area contributed by atoms with Crippen LogP contribution in [0, 0.1) is 0 Å². The maximum Gasteiger partial charge on any atom is 0.189 e. The maximum atomic E-state index is 12.7. The molecule has 106 valence electrons. The molecule has 0 saturated heterocycles. The van der Waals surface area contributed by atoms with Gasteiger partial charge >= 0.3 is 0 Å². The maximum absolute atomic E-state index is 12.7. The highest BCUT2D eigenvalue weighted by molar-refractivity contribution is 6.35.